The third-order valence-corrected chi connectivity index (χ3v) is 2.80. The van der Waals surface area contributed by atoms with Crippen molar-refractivity contribution in [2.75, 3.05) is 0 Å². The Morgan fingerprint density at radius 1 is 1.62 bits per heavy atom. The molecule has 0 heterocycles. The van der Waals surface area contributed by atoms with Crippen molar-refractivity contribution >= 4 is 0 Å². The van der Waals surface area contributed by atoms with Crippen LogP contribution >= 0.6 is 0 Å². The highest BCUT2D eigenvalue weighted by atomic mass is 16.3. The van der Waals surface area contributed by atoms with Crippen molar-refractivity contribution in [3.63, 3.8) is 0 Å². The van der Waals surface area contributed by atoms with E-state index in [9.17, 15) is 5.11 Å². The Morgan fingerprint density at radius 2 is 2.38 bits per heavy atom. The first kappa shape index (κ1) is 8.36. The predicted octanol–water partition coefficient (Wildman–Crippen LogP) is 3.14. The molecule has 68 valence electrons. The van der Waals surface area contributed by atoms with Crippen molar-refractivity contribution in [1.29, 1.82) is 0 Å². The quantitative estimate of drug-likeness (QED) is 0.478. The molecule has 2 unspecified atom stereocenters. The van der Waals surface area contributed by atoms with Crippen molar-refractivity contribution in [2.24, 2.45) is 11.8 Å². The summed E-state index contributed by atoms with van der Waals surface area (Å²) in [5.74, 6) is 1.19. The van der Waals surface area contributed by atoms with Crippen LogP contribution in [0, 0.1) is 11.8 Å². The normalized spacial score (nSPS) is 30.8. The molecule has 1 N–H and O–H groups in total. The highest BCUT2D eigenvalue weighted by molar-refractivity contribution is 5.48. The molecule has 0 saturated carbocycles. The van der Waals surface area contributed by atoms with Gasteiger partial charge in [0.2, 0.25) is 0 Å². The fourth-order valence-corrected chi connectivity index (χ4v) is 2.00. The van der Waals surface area contributed by atoms with Crippen LogP contribution in [-0.4, -0.2) is 5.11 Å². The molecule has 0 bridgehead atoms. The van der Waals surface area contributed by atoms with Gasteiger partial charge in [0.25, 0.3) is 0 Å². The molecule has 13 heavy (non-hydrogen) atoms. The molecule has 0 spiro atoms. The fourth-order valence-electron chi connectivity index (χ4n) is 2.00. The minimum Gasteiger partial charge on any atom is -0.508 e. The van der Waals surface area contributed by atoms with Gasteiger partial charge in [-0.3, -0.25) is 0 Å². The summed E-state index contributed by atoms with van der Waals surface area (Å²) >= 11 is 0. The van der Waals surface area contributed by atoms with Gasteiger partial charge < -0.3 is 5.11 Å². The van der Waals surface area contributed by atoms with Gasteiger partial charge in [0.05, 0.1) is 0 Å². The number of hydrogen-bond donors (Lipinski definition) is 1. The summed E-state index contributed by atoms with van der Waals surface area (Å²) in [5.41, 5.74) is 2.30. The molecule has 0 aromatic rings. The maximum absolute atomic E-state index is 9.25. The van der Waals surface area contributed by atoms with Gasteiger partial charge in [-0.1, -0.05) is 43.4 Å². The van der Waals surface area contributed by atoms with E-state index in [1.54, 1.807) is 0 Å². The van der Waals surface area contributed by atoms with E-state index in [0.29, 0.717) is 11.8 Å². The molecule has 0 radical (unpaired) electrons. The van der Waals surface area contributed by atoms with Crippen molar-refractivity contribution < 1.29 is 5.11 Å². The lowest BCUT2D eigenvalue weighted by molar-refractivity contribution is 0.429. The van der Waals surface area contributed by atoms with Crippen molar-refractivity contribution in [3.05, 3.63) is 47.8 Å². The van der Waals surface area contributed by atoms with Crippen molar-refractivity contribution in [1.82, 2.24) is 0 Å². The maximum Gasteiger partial charge on any atom is 0.115 e. The number of aliphatic hydroxyl groups excluding tert-OH is 1. The lowest BCUT2D eigenvalue weighted by Gasteiger charge is -2.20. The van der Waals surface area contributed by atoms with Crippen LogP contribution in [0.1, 0.15) is 13.3 Å². The van der Waals surface area contributed by atoms with E-state index >= 15 is 0 Å². The molecular weight excluding hydrogens is 160 g/mol. The van der Waals surface area contributed by atoms with Crippen LogP contribution in [0.15, 0.2) is 47.8 Å². The van der Waals surface area contributed by atoms with Crippen LogP contribution in [0.2, 0.25) is 0 Å². The molecule has 0 saturated heterocycles. The summed E-state index contributed by atoms with van der Waals surface area (Å²) in [6.07, 6.45) is 9.67. The SMILES string of the molecule is C=C(O)C1=CC2C=CCC(C)C2=C1. The smallest absolute Gasteiger partial charge is 0.115 e. The zero-order valence-corrected chi connectivity index (χ0v) is 7.83. The van der Waals surface area contributed by atoms with E-state index in [0.717, 1.165) is 12.0 Å². The summed E-state index contributed by atoms with van der Waals surface area (Å²) < 4.78 is 0. The molecule has 0 aromatic carbocycles. The van der Waals surface area contributed by atoms with Crippen molar-refractivity contribution in [3.8, 4) is 0 Å². The molecule has 0 aromatic heterocycles. The predicted molar refractivity (Wildman–Crippen MR) is 54.3 cm³/mol. The molecule has 2 aliphatic carbocycles. The largest absolute Gasteiger partial charge is 0.508 e. The molecule has 2 aliphatic rings. The Kier molecular flexibility index (Phi) is 1.87. The van der Waals surface area contributed by atoms with E-state index in [1.165, 1.54) is 5.57 Å². The van der Waals surface area contributed by atoms with Crippen LogP contribution < -0.4 is 0 Å². The molecule has 0 fully saturated rings. The minimum absolute atomic E-state index is 0.183. The molecule has 0 amide bonds. The zero-order valence-electron chi connectivity index (χ0n) is 7.83. The lowest BCUT2D eigenvalue weighted by Crippen LogP contribution is -2.08. The van der Waals surface area contributed by atoms with Crippen LogP contribution in [0.5, 0.6) is 0 Å². The summed E-state index contributed by atoms with van der Waals surface area (Å²) in [6.45, 7) is 5.76. The Morgan fingerprint density at radius 3 is 3.00 bits per heavy atom. The monoisotopic (exact) mass is 174 g/mol. The Bertz CT molecular complexity index is 331. The maximum atomic E-state index is 9.25. The highest BCUT2D eigenvalue weighted by Crippen LogP contribution is 2.37. The number of rotatable bonds is 1. The standard InChI is InChI=1S/C12H14O/c1-8-4-3-5-10-6-11(9(2)13)7-12(8)10/h3,5-8,10,13H,2,4H2,1H3. The van der Waals surface area contributed by atoms with Crippen LogP contribution in [0.4, 0.5) is 0 Å². The highest BCUT2D eigenvalue weighted by Gasteiger charge is 2.24. The van der Waals surface area contributed by atoms with Gasteiger partial charge in [-0.05, 0) is 12.3 Å². The van der Waals surface area contributed by atoms with Gasteiger partial charge >= 0.3 is 0 Å². The van der Waals surface area contributed by atoms with Gasteiger partial charge in [0.15, 0.2) is 0 Å². The minimum atomic E-state index is 0.183. The Labute approximate surface area is 78.8 Å². The van der Waals surface area contributed by atoms with E-state index in [2.05, 4.69) is 37.8 Å². The third kappa shape index (κ3) is 1.35. The first-order chi connectivity index (χ1) is 6.18. The average Bonchev–Trinajstić information content (AvgIpc) is 2.49. The van der Waals surface area contributed by atoms with E-state index in [4.69, 9.17) is 0 Å². The Hall–Kier alpha value is -1.24. The summed E-state index contributed by atoms with van der Waals surface area (Å²) in [4.78, 5) is 0. The second kappa shape index (κ2) is 2.91. The third-order valence-electron chi connectivity index (χ3n) is 2.80. The second-order valence-electron chi connectivity index (χ2n) is 3.80. The van der Waals surface area contributed by atoms with Gasteiger partial charge in [0.1, 0.15) is 5.76 Å². The topological polar surface area (TPSA) is 20.2 Å². The first-order valence-electron chi connectivity index (χ1n) is 4.66. The van der Waals surface area contributed by atoms with Gasteiger partial charge in [0, 0.05) is 11.5 Å². The fraction of sp³-hybridized carbons (Fsp3) is 0.333. The molecule has 1 heteroatoms. The number of hydrogen-bond acceptors (Lipinski definition) is 1. The van der Waals surface area contributed by atoms with Gasteiger partial charge in [-0.15, -0.1) is 0 Å². The second-order valence-corrected chi connectivity index (χ2v) is 3.80. The Balaban J connectivity index is 2.33. The van der Waals surface area contributed by atoms with E-state index in [-0.39, 0.29) is 5.76 Å². The summed E-state index contributed by atoms with van der Waals surface area (Å²) in [6, 6.07) is 0. The number of allylic oxidation sites excluding steroid dienone is 5. The summed E-state index contributed by atoms with van der Waals surface area (Å²) in [7, 11) is 0. The number of aliphatic hydroxyl groups is 1. The zero-order chi connectivity index (χ0) is 9.42. The van der Waals surface area contributed by atoms with E-state index < -0.39 is 0 Å². The first-order valence-corrected chi connectivity index (χ1v) is 4.66. The van der Waals surface area contributed by atoms with Crippen LogP contribution in [-0.2, 0) is 0 Å². The molecular formula is C12H14O. The molecule has 0 aliphatic heterocycles. The lowest BCUT2D eigenvalue weighted by atomic mass is 9.85. The van der Waals surface area contributed by atoms with Crippen LogP contribution in [0.3, 0.4) is 0 Å². The van der Waals surface area contributed by atoms with E-state index in [1.807, 2.05) is 0 Å². The van der Waals surface area contributed by atoms with Gasteiger partial charge in [-0.25, -0.2) is 0 Å². The van der Waals surface area contributed by atoms with Gasteiger partial charge in [-0.2, -0.15) is 0 Å². The molecule has 2 atom stereocenters. The average molecular weight is 174 g/mol. The molecule has 1 nitrogen and oxygen atoms in total. The van der Waals surface area contributed by atoms with Crippen LogP contribution in [0.25, 0.3) is 0 Å². The summed E-state index contributed by atoms with van der Waals surface area (Å²) in [5, 5.41) is 9.25. The number of fused-ring (bicyclic) bond motifs is 1. The van der Waals surface area contributed by atoms with Crippen molar-refractivity contribution in [2.45, 2.75) is 13.3 Å². The molecule has 2 rings (SSSR count).